The largest absolute Gasteiger partial charge is 0.389 e. The Morgan fingerprint density at radius 2 is 1.79 bits per heavy atom. The van der Waals surface area contributed by atoms with Crippen molar-refractivity contribution in [1.29, 1.82) is 0 Å². The molecule has 1 aromatic rings. The monoisotopic (exact) mass is 286 g/mol. The van der Waals surface area contributed by atoms with Crippen molar-refractivity contribution in [1.82, 2.24) is 4.72 Å². The molecule has 0 aromatic heterocycles. The van der Waals surface area contributed by atoms with Crippen LogP contribution >= 0.6 is 0 Å². The van der Waals surface area contributed by atoms with Gasteiger partial charge in [-0.15, -0.1) is 0 Å². The molecule has 0 bridgehead atoms. The lowest BCUT2D eigenvalue weighted by molar-refractivity contribution is -0.122. The van der Waals surface area contributed by atoms with Crippen LogP contribution in [-0.2, 0) is 14.8 Å². The number of hydrogen-bond donors (Lipinski definition) is 3. The van der Waals surface area contributed by atoms with Crippen LogP contribution in [0.3, 0.4) is 0 Å². The van der Waals surface area contributed by atoms with E-state index in [0.29, 0.717) is 5.56 Å². The number of hydrogen-bond acceptors (Lipinski definition) is 4. The maximum absolute atomic E-state index is 12.1. The summed E-state index contributed by atoms with van der Waals surface area (Å²) in [4.78, 5) is 11.1. The van der Waals surface area contributed by atoms with E-state index in [9.17, 15) is 18.3 Å². The number of nitrogens with one attached hydrogen (secondary N) is 1. The van der Waals surface area contributed by atoms with Gasteiger partial charge in [0, 0.05) is 0 Å². The predicted molar refractivity (Wildman–Crippen MR) is 70.7 cm³/mol. The highest BCUT2D eigenvalue weighted by molar-refractivity contribution is 7.89. The molecule has 0 fully saturated rings. The third-order valence-electron chi connectivity index (χ3n) is 2.68. The Morgan fingerprint density at radius 3 is 2.16 bits per heavy atom. The number of amides is 1. The SMILES string of the molecule is CC(O)c1ccc(S(=O)(=O)NC(C)(C)C(N)=O)cc1. The van der Waals surface area contributed by atoms with E-state index in [4.69, 9.17) is 5.73 Å². The lowest BCUT2D eigenvalue weighted by atomic mass is 10.1. The molecule has 0 heterocycles. The number of sulfonamides is 1. The van der Waals surface area contributed by atoms with Gasteiger partial charge in [-0.25, -0.2) is 8.42 Å². The minimum absolute atomic E-state index is 0.00576. The van der Waals surface area contributed by atoms with Crippen LogP contribution in [-0.4, -0.2) is 25.0 Å². The average Bonchev–Trinajstić information content (AvgIpc) is 2.27. The van der Waals surface area contributed by atoms with Crippen LogP contribution in [0, 0.1) is 0 Å². The van der Waals surface area contributed by atoms with Gasteiger partial charge >= 0.3 is 0 Å². The van der Waals surface area contributed by atoms with Crippen LogP contribution in [0.25, 0.3) is 0 Å². The minimum atomic E-state index is -3.84. The molecule has 1 amide bonds. The Morgan fingerprint density at radius 1 is 1.32 bits per heavy atom. The maximum Gasteiger partial charge on any atom is 0.241 e. The Kier molecular flexibility index (Phi) is 4.34. The summed E-state index contributed by atoms with van der Waals surface area (Å²) in [6, 6.07) is 5.75. The highest BCUT2D eigenvalue weighted by Gasteiger charge is 2.31. The molecule has 0 radical (unpaired) electrons. The molecule has 7 heteroatoms. The van der Waals surface area contributed by atoms with Crippen molar-refractivity contribution in [3.8, 4) is 0 Å². The van der Waals surface area contributed by atoms with Crippen molar-refractivity contribution in [2.75, 3.05) is 0 Å². The van der Waals surface area contributed by atoms with Crippen LogP contribution in [0.15, 0.2) is 29.2 Å². The summed E-state index contributed by atoms with van der Waals surface area (Å²) in [5.41, 5.74) is 4.35. The van der Waals surface area contributed by atoms with E-state index in [2.05, 4.69) is 4.72 Å². The molecule has 0 saturated carbocycles. The standard InChI is InChI=1S/C12H18N2O4S/c1-8(15)9-4-6-10(7-5-9)19(17,18)14-12(2,3)11(13)16/h4-8,14-15H,1-3H3,(H2,13,16). The number of carbonyl (C=O) groups excluding carboxylic acids is 1. The van der Waals surface area contributed by atoms with Crippen molar-refractivity contribution in [2.45, 2.75) is 37.3 Å². The Hall–Kier alpha value is -1.44. The highest BCUT2D eigenvalue weighted by atomic mass is 32.2. The van der Waals surface area contributed by atoms with Crippen molar-refractivity contribution >= 4 is 15.9 Å². The number of carbonyl (C=O) groups is 1. The van der Waals surface area contributed by atoms with Gasteiger partial charge in [0.2, 0.25) is 15.9 Å². The van der Waals surface area contributed by atoms with Crippen LogP contribution in [0.5, 0.6) is 0 Å². The van der Waals surface area contributed by atoms with Gasteiger partial charge in [-0.3, -0.25) is 4.79 Å². The molecular weight excluding hydrogens is 268 g/mol. The Labute approximate surface area is 112 Å². The molecule has 6 nitrogen and oxygen atoms in total. The number of nitrogens with two attached hydrogens (primary N) is 1. The second-order valence-corrected chi connectivity index (χ2v) is 6.52. The first-order valence-corrected chi connectivity index (χ1v) is 7.16. The van der Waals surface area contributed by atoms with Gasteiger partial charge < -0.3 is 10.8 Å². The van der Waals surface area contributed by atoms with E-state index in [1.54, 1.807) is 6.92 Å². The molecule has 1 aromatic carbocycles. The molecule has 1 atom stereocenters. The summed E-state index contributed by atoms with van der Waals surface area (Å²) in [7, 11) is -3.84. The van der Waals surface area contributed by atoms with Crippen LogP contribution in [0.4, 0.5) is 0 Å². The fraction of sp³-hybridized carbons (Fsp3) is 0.417. The average molecular weight is 286 g/mol. The molecule has 1 unspecified atom stereocenters. The summed E-state index contributed by atoms with van der Waals surface area (Å²) in [6.45, 7) is 4.35. The van der Waals surface area contributed by atoms with Crippen LogP contribution < -0.4 is 10.5 Å². The topological polar surface area (TPSA) is 109 Å². The smallest absolute Gasteiger partial charge is 0.241 e. The zero-order valence-electron chi connectivity index (χ0n) is 11.0. The maximum atomic E-state index is 12.1. The van der Waals surface area contributed by atoms with Gasteiger partial charge in [-0.05, 0) is 38.5 Å². The van der Waals surface area contributed by atoms with E-state index in [-0.39, 0.29) is 4.90 Å². The van der Waals surface area contributed by atoms with Crippen molar-refractivity contribution in [3.05, 3.63) is 29.8 Å². The van der Waals surface area contributed by atoms with Gasteiger partial charge in [0.1, 0.15) is 5.54 Å². The quantitative estimate of drug-likeness (QED) is 0.722. The second-order valence-electron chi connectivity index (χ2n) is 4.84. The van der Waals surface area contributed by atoms with Gasteiger partial charge in [0.05, 0.1) is 11.0 Å². The Balaban J connectivity index is 3.05. The minimum Gasteiger partial charge on any atom is -0.389 e. The van der Waals surface area contributed by atoms with Crippen molar-refractivity contribution in [3.63, 3.8) is 0 Å². The third kappa shape index (κ3) is 3.76. The van der Waals surface area contributed by atoms with Crippen molar-refractivity contribution < 1.29 is 18.3 Å². The lowest BCUT2D eigenvalue weighted by Crippen LogP contribution is -2.52. The second kappa shape index (κ2) is 5.28. The van der Waals surface area contributed by atoms with E-state index in [1.165, 1.54) is 38.1 Å². The third-order valence-corrected chi connectivity index (χ3v) is 4.35. The Bertz CT molecular complexity index is 562. The molecule has 19 heavy (non-hydrogen) atoms. The summed E-state index contributed by atoms with van der Waals surface area (Å²) in [5.74, 6) is -0.767. The van der Waals surface area contributed by atoms with Gasteiger partial charge in [0.15, 0.2) is 0 Å². The summed E-state index contributed by atoms with van der Waals surface area (Å²) in [5, 5.41) is 9.35. The van der Waals surface area contributed by atoms with E-state index in [1.807, 2.05) is 0 Å². The highest BCUT2D eigenvalue weighted by Crippen LogP contribution is 2.17. The van der Waals surface area contributed by atoms with E-state index in [0.717, 1.165) is 0 Å². The molecule has 0 spiro atoms. The number of aliphatic hydroxyl groups excluding tert-OH is 1. The fourth-order valence-corrected chi connectivity index (χ4v) is 2.76. The molecule has 0 aliphatic carbocycles. The summed E-state index contributed by atoms with van der Waals surface area (Å²) >= 11 is 0. The first-order valence-electron chi connectivity index (χ1n) is 5.68. The summed E-state index contributed by atoms with van der Waals surface area (Å²) < 4.78 is 26.3. The molecule has 0 aliphatic rings. The van der Waals surface area contributed by atoms with Crippen LogP contribution in [0.2, 0.25) is 0 Å². The van der Waals surface area contributed by atoms with Crippen molar-refractivity contribution in [2.24, 2.45) is 5.73 Å². The first kappa shape index (κ1) is 15.6. The predicted octanol–water partition coefficient (Wildman–Crippen LogP) is 0.282. The zero-order chi connectivity index (χ0) is 14.8. The molecule has 106 valence electrons. The van der Waals surface area contributed by atoms with E-state index >= 15 is 0 Å². The molecule has 4 N–H and O–H groups in total. The number of benzene rings is 1. The normalized spacial score (nSPS) is 14.1. The van der Waals surface area contributed by atoms with Gasteiger partial charge in [0.25, 0.3) is 0 Å². The summed E-state index contributed by atoms with van der Waals surface area (Å²) in [6.07, 6.45) is -0.674. The lowest BCUT2D eigenvalue weighted by Gasteiger charge is -2.22. The molecule has 1 rings (SSSR count). The number of aliphatic hydroxyl groups is 1. The number of rotatable bonds is 5. The first-order chi connectivity index (χ1) is 8.56. The molecule has 0 saturated heterocycles. The van der Waals surface area contributed by atoms with Gasteiger partial charge in [-0.1, -0.05) is 12.1 Å². The number of primary amides is 1. The molecule has 0 aliphatic heterocycles. The van der Waals surface area contributed by atoms with E-state index < -0.39 is 27.6 Å². The van der Waals surface area contributed by atoms with Crippen LogP contribution in [0.1, 0.15) is 32.4 Å². The molecular formula is C12H18N2O4S. The zero-order valence-corrected chi connectivity index (χ0v) is 11.9. The fourth-order valence-electron chi connectivity index (χ4n) is 1.37. The van der Waals surface area contributed by atoms with Gasteiger partial charge in [-0.2, -0.15) is 4.72 Å².